The van der Waals surface area contributed by atoms with E-state index >= 15 is 0 Å². The molecule has 3 heterocycles. The Morgan fingerprint density at radius 1 is 0.800 bits per heavy atom. The summed E-state index contributed by atoms with van der Waals surface area (Å²) >= 11 is 0. The third kappa shape index (κ3) is 5.86. The van der Waals surface area contributed by atoms with Gasteiger partial charge in [0.2, 0.25) is 23.2 Å². The van der Waals surface area contributed by atoms with Crippen LogP contribution in [0.1, 0.15) is 0 Å². The number of methoxy groups -OCH3 is 1. The van der Waals surface area contributed by atoms with Gasteiger partial charge in [0.15, 0.2) is 29.5 Å². The Balaban J connectivity index is 1.63. The van der Waals surface area contributed by atoms with E-state index in [1.807, 2.05) is 0 Å². The zero-order valence-corrected chi connectivity index (χ0v) is 23.4. The number of hydrogen-bond acceptors (Lipinski definition) is 17. The van der Waals surface area contributed by atoms with Gasteiger partial charge in [-0.25, -0.2) is 0 Å². The second kappa shape index (κ2) is 12.9. The number of aromatic hydroxyl groups is 3. The van der Waals surface area contributed by atoms with E-state index in [1.54, 1.807) is 0 Å². The molecule has 0 bridgehead atoms. The third-order valence-corrected chi connectivity index (χ3v) is 7.59. The second-order valence-corrected chi connectivity index (χ2v) is 10.4. The van der Waals surface area contributed by atoms with Crippen LogP contribution < -0.4 is 14.9 Å². The highest BCUT2D eigenvalue weighted by atomic mass is 16.8. The number of hydrogen-bond donors (Lipinski definition) is 10. The summed E-state index contributed by atoms with van der Waals surface area (Å²) in [7, 11) is 1.20. The van der Waals surface area contributed by atoms with Crippen molar-refractivity contribution in [3.63, 3.8) is 0 Å². The molecule has 2 aliphatic rings. The van der Waals surface area contributed by atoms with Crippen molar-refractivity contribution in [2.24, 2.45) is 0 Å². The Kier molecular flexibility index (Phi) is 9.38. The first-order chi connectivity index (χ1) is 21.4. The zero-order valence-electron chi connectivity index (χ0n) is 23.4. The molecule has 5 rings (SSSR count). The van der Waals surface area contributed by atoms with Crippen molar-refractivity contribution in [3.8, 4) is 40.1 Å². The lowest BCUT2D eigenvalue weighted by Crippen LogP contribution is -2.65. The minimum absolute atomic E-state index is 0.102. The SMILES string of the molecule is COc1cc(O)c2c(=O)c(OC3OC(CO)C(O)C(O)C3OC3OC(CO)C(O)C(O)C3O)c(-c3ccc(O)cc3)oc2c1O. The average molecular weight is 641 g/mol. The summed E-state index contributed by atoms with van der Waals surface area (Å²) in [6, 6.07) is 6.08. The van der Waals surface area contributed by atoms with E-state index in [1.165, 1.54) is 31.4 Å². The normalized spacial score (nSPS) is 32.0. The summed E-state index contributed by atoms with van der Waals surface area (Å²) in [6.45, 7) is -1.66. The van der Waals surface area contributed by atoms with E-state index in [4.69, 9.17) is 28.1 Å². The molecule has 17 heteroatoms. The molecule has 10 N–H and O–H groups in total. The molecule has 10 unspecified atom stereocenters. The van der Waals surface area contributed by atoms with Crippen LogP contribution in [0.5, 0.6) is 28.7 Å². The molecule has 0 radical (unpaired) electrons. The molecule has 3 aromatic rings. The van der Waals surface area contributed by atoms with E-state index in [0.29, 0.717) is 0 Å². The quantitative estimate of drug-likeness (QED) is 0.115. The number of rotatable bonds is 8. The minimum Gasteiger partial charge on any atom is -0.508 e. The summed E-state index contributed by atoms with van der Waals surface area (Å²) in [4.78, 5) is 13.9. The lowest BCUT2D eigenvalue weighted by Gasteiger charge is -2.45. The molecule has 1 aromatic heterocycles. The van der Waals surface area contributed by atoms with Crippen LogP contribution in [0.4, 0.5) is 0 Å². The first kappa shape index (κ1) is 32.6. The van der Waals surface area contributed by atoms with Gasteiger partial charge in [-0.15, -0.1) is 0 Å². The number of benzene rings is 2. The van der Waals surface area contributed by atoms with Crippen LogP contribution in [-0.4, -0.2) is 133 Å². The summed E-state index contributed by atoms with van der Waals surface area (Å²) < 4.78 is 33.4. The van der Waals surface area contributed by atoms with Gasteiger partial charge in [-0.2, -0.15) is 0 Å². The molecular weight excluding hydrogens is 608 g/mol. The van der Waals surface area contributed by atoms with E-state index in [-0.39, 0.29) is 22.8 Å². The highest BCUT2D eigenvalue weighted by Crippen LogP contribution is 2.43. The van der Waals surface area contributed by atoms with Gasteiger partial charge in [0.25, 0.3) is 0 Å². The molecule has 45 heavy (non-hydrogen) atoms. The van der Waals surface area contributed by atoms with Gasteiger partial charge in [0.05, 0.1) is 20.3 Å². The minimum atomic E-state index is -1.96. The fourth-order valence-corrected chi connectivity index (χ4v) is 5.11. The van der Waals surface area contributed by atoms with Crippen molar-refractivity contribution in [3.05, 3.63) is 40.6 Å². The smallest absolute Gasteiger partial charge is 0.239 e. The Bertz CT molecular complexity index is 1560. The van der Waals surface area contributed by atoms with Gasteiger partial charge in [-0.1, -0.05) is 0 Å². The van der Waals surface area contributed by atoms with Crippen molar-refractivity contribution in [1.82, 2.24) is 0 Å². The van der Waals surface area contributed by atoms with Gasteiger partial charge >= 0.3 is 0 Å². The van der Waals surface area contributed by atoms with Crippen LogP contribution in [0.3, 0.4) is 0 Å². The number of phenols is 3. The fourth-order valence-electron chi connectivity index (χ4n) is 5.11. The summed E-state index contributed by atoms with van der Waals surface area (Å²) in [5, 5.41) is 102. The molecule has 0 saturated carbocycles. The molecule has 0 spiro atoms. The third-order valence-electron chi connectivity index (χ3n) is 7.59. The van der Waals surface area contributed by atoms with Crippen LogP contribution in [0, 0.1) is 0 Å². The van der Waals surface area contributed by atoms with Gasteiger partial charge < -0.3 is 79.2 Å². The van der Waals surface area contributed by atoms with Crippen molar-refractivity contribution in [2.75, 3.05) is 20.3 Å². The van der Waals surface area contributed by atoms with Gasteiger partial charge in [0, 0.05) is 11.6 Å². The Labute approximate surface area is 252 Å². The van der Waals surface area contributed by atoms with Crippen LogP contribution in [0.2, 0.25) is 0 Å². The number of phenolic OH excluding ortho intramolecular Hbond substituents is 3. The molecule has 17 nitrogen and oxygen atoms in total. The molecule has 2 aliphatic heterocycles. The van der Waals surface area contributed by atoms with E-state index in [9.17, 15) is 55.9 Å². The Morgan fingerprint density at radius 2 is 1.40 bits per heavy atom. The van der Waals surface area contributed by atoms with E-state index in [0.717, 1.165) is 6.07 Å². The topological polar surface area (TPSA) is 279 Å². The van der Waals surface area contributed by atoms with Crippen LogP contribution in [0.15, 0.2) is 39.5 Å². The highest BCUT2D eigenvalue weighted by Gasteiger charge is 2.51. The Morgan fingerprint density at radius 3 is 2.00 bits per heavy atom. The maximum absolute atomic E-state index is 13.9. The first-order valence-corrected chi connectivity index (χ1v) is 13.6. The largest absolute Gasteiger partial charge is 0.508 e. The van der Waals surface area contributed by atoms with E-state index in [2.05, 4.69) is 0 Å². The summed E-state index contributed by atoms with van der Waals surface area (Å²) in [5.74, 6) is -2.80. The maximum atomic E-state index is 13.9. The molecule has 2 fully saturated rings. The van der Waals surface area contributed by atoms with Gasteiger partial charge in [-0.3, -0.25) is 4.79 Å². The van der Waals surface area contributed by atoms with Crippen LogP contribution >= 0.6 is 0 Å². The molecule has 0 aliphatic carbocycles. The van der Waals surface area contributed by atoms with Crippen LogP contribution in [-0.2, 0) is 14.2 Å². The molecule has 2 saturated heterocycles. The lowest BCUT2D eigenvalue weighted by atomic mass is 9.97. The zero-order chi connectivity index (χ0) is 32.7. The molecule has 0 amide bonds. The number of aliphatic hydroxyl groups is 7. The highest BCUT2D eigenvalue weighted by molar-refractivity contribution is 5.93. The lowest BCUT2D eigenvalue weighted by molar-refractivity contribution is -0.358. The predicted molar refractivity (Wildman–Crippen MR) is 146 cm³/mol. The van der Waals surface area contributed by atoms with Gasteiger partial charge in [-0.05, 0) is 24.3 Å². The molecule has 2 aromatic carbocycles. The predicted octanol–water partition coefficient (Wildman–Crippen LogP) is -2.41. The van der Waals surface area contributed by atoms with Crippen molar-refractivity contribution < 1.29 is 79.2 Å². The first-order valence-electron chi connectivity index (χ1n) is 13.6. The molecule has 246 valence electrons. The van der Waals surface area contributed by atoms with Crippen LogP contribution in [0.25, 0.3) is 22.3 Å². The van der Waals surface area contributed by atoms with E-state index < -0.39 is 108 Å². The molecule has 10 atom stereocenters. The maximum Gasteiger partial charge on any atom is 0.239 e. The monoisotopic (exact) mass is 640 g/mol. The van der Waals surface area contributed by atoms with Crippen molar-refractivity contribution in [1.29, 1.82) is 0 Å². The number of ether oxygens (including phenoxy) is 5. The fraction of sp³-hybridized carbons (Fsp3) is 0.464. The van der Waals surface area contributed by atoms with Crippen molar-refractivity contribution >= 4 is 11.0 Å². The standard InChI is InChI=1S/C28H32O17/c1-40-12-6-11(32)15-19(36)25(23(43-24(15)18(12)35)9-2-4-10(31)5-3-9)44-28-26(21(38)17(34)14(8-30)42-28)45-27-22(39)20(37)16(33)13(7-29)41-27/h2-6,13-14,16-17,20-22,26-35,37-39H,7-8H2,1H3. The second-order valence-electron chi connectivity index (χ2n) is 10.4. The summed E-state index contributed by atoms with van der Waals surface area (Å²) in [5.41, 5.74) is -1.48. The van der Waals surface area contributed by atoms with Crippen molar-refractivity contribution in [2.45, 2.75) is 61.4 Å². The Hall–Kier alpha value is -3.75. The molecular formula is C28H32O17. The number of aliphatic hydroxyl groups excluding tert-OH is 7. The average Bonchev–Trinajstić information content (AvgIpc) is 3.03. The summed E-state index contributed by atoms with van der Waals surface area (Å²) in [6.07, 6.45) is -17.9. The number of fused-ring (bicyclic) bond motifs is 1. The van der Waals surface area contributed by atoms with Gasteiger partial charge in [0.1, 0.15) is 59.6 Å².